The van der Waals surface area contributed by atoms with E-state index in [1.807, 2.05) is 24.3 Å². The molecule has 2 aromatic carbocycles. The quantitative estimate of drug-likeness (QED) is 0.671. The van der Waals surface area contributed by atoms with Crippen molar-refractivity contribution in [3.05, 3.63) is 66.2 Å². The number of nitrogens with zero attached hydrogens (tertiary/aromatic N) is 3. The SMILES string of the molecule is COc1cc(F)cc(CN2C(=O)N(c3ccc(-c4cn[nH]c4)cc3)CC2CO)c1. The maximum Gasteiger partial charge on any atom is 0.325 e. The van der Waals surface area contributed by atoms with E-state index in [2.05, 4.69) is 10.2 Å². The largest absolute Gasteiger partial charge is 0.497 e. The first-order valence-corrected chi connectivity index (χ1v) is 9.20. The molecule has 1 aromatic heterocycles. The van der Waals surface area contributed by atoms with Gasteiger partial charge < -0.3 is 14.7 Å². The molecule has 1 unspecified atom stereocenters. The van der Waals surface area contributed by atoms with Gasteiger partial charge >= 0.3 is 6.03 Å². The molecule has 0 bridgehead atoms. The summed E-state index contributed by atoms with van der Waals surface area (Å²) >= 11 is 0. The van der Waals surface area contributed by atoms with Gasteiger partial charge in [-0.2, -0.15) is 5.10 Å². The van der Waals surface area contributed by atoms with Crippen LogP contribution in [0.15, 0.2) is 54.9 Å². The fraction of sp³-hybridized carbons (Fsp3) is 0.238. The molecule has 0 aliphatic carbocycles. The van der Waals surface area contributed by atoms with Crippen LogP contribution in [0.5, 0.6) is 5.75 Å². The second-order valence-corrected chi connectivity index (χ2v) is 6.89. The van der Waals surface area contributed by atoms with Gasteiger partial charge in [0.05, 0.1) is 32.5 Å². The smallest absolute Gasteiger partial charge is 0.325 e. The number of methoxy groups -OCH3 is 1. The number of benzene rings is 2. The van der Waals surface area contributed by atoms with Crippen molar-refractivity contribution in [2.45, 2.75) is 12.6 Å². The number of anilines is 1. The van der Waals surface area contributed by atoms with Gasteiger partial charge in [0.15, 0.2) is 0 Å². The summed E-state index contributed by atoms with van der Waals surface area (Å²) in [5.74, 6) is -0.0443. The van der Waals surface area contributed by atoms with E-state index >= 15 is 0 Å². The Morgan fingerprint density at radius 2 is 2.03 bits per heavy atom. The molecule has 2 amide bonds. The number of urea groups is 1. The molecular formula is C21H21FN4O3. The number of nitrogens with one attached hydrogen (secondary N) is 1. The van der Waals surface area contributed by atoms with Gasteiger partial charge in [0.1, 0.15) is 11.6 Å². The van der Waals surface area contributed by atoms with E-state index in [1.165, 1.54) is 19.2 Å². The molecule has 1 saturated heterocycles. The summed E-state index contributed by atoms with van der Waals surface area (Å²) in [6.45, 7) is 0.358. The van der Waals surface area contributed by atoms with Gasteiger partial charge in [-0.15, -0.1) is 0 Å². The Balaban J connectivity index is 1.55. The lowest BCUT2D eigenvalue weighted by Crippen LogP contribution is -2.36. The van der Waals surface area contributed by atoms with E-state index < -0.39 is 5.82 Å². The van der Waals surface area contributed by atoms with Gasteiger partial charge in [-0.3, -0.25) is 10.00 Å². The second kappa shape index (κ2) is 7.92. The molecule has 2 N–H and O–H groups in total. The summed E-state index contributed by atoms with van der Waals surface area (Å²) in [6, 6.07) is 11.3. The normalized spacial score (nSPS) is 16.5. The van der Waals surface area contributed by atoms with E-state index in [0.717, 1.165) is 16.8 Å². The van der Waals surface area contributed by atoms with Crippen LogP contribution in [-0.2, 0) is 6.54 Å². The average molecular weight is 396 g/mol. The van der Waals surface area contributed by atoms with Crippen LogP contribution in [0, 0.1) is 5.82 Å². The molecule has 1 fully saturated rings. The zero-order valence-electron chi connectivity index (χ0n) is 15.9. The van der Waals surface area contributed by atoms with E-state index in [9.17, 15) is 14.3 Å². The van der Waals surface area contributed by atoms with Crippen molar-refractivity contribution < 1.29 is 19.0 Å². The number of hydrogen-bond acceptors (Lipinski definition) is 4. The molecule has 1 aliphatic heterocycles. The number of carbonyl (C=O) groups is 1. The van der Waals surface area contributed by atoms with Crippen LogP contribution in [0.2, 0.25) is 0 Å². The highest BCUT2D eigenvalue weighted by Crippen LogP contribution is 2.28. The number of carbonyl (C=O) groups excluding carboxylic acids is 1. The molecular weight excluding hydrogens is 375 g/mol. The van der Waals surface area contributed by atoms with E-state index in [0.29, 0.717) is 17.9 Å². The van der Waals surface area contributed by atoms with Crippen molar-refractivity contribution in [3.8, 4) is 16.9 Å². The molecule has 0 radical (unpaired) electrons. The van der Waals surface area contributed by atoms with Gasteiger partial charge in [-0.05, 0) is 35.4 Å². The predicted octanol–water partition coefficient (Wildman–Crippen LogP) is 3.03. The fourth-order valence-electron chi connectivity index (χ4n) is 3.54. The third kappa shape index (κ3) is 3.79. The van der Waals surface area contributed by atoms with Crippen molar-refractivity contribution in [2.24, 2.45) is 0 Å². The summed E-state index contributed by atoms with van der Waals surface area (Å²) in [7, 11) is 1.46. The Kier molecular flexibility index (Phi) is 5.18. The Bertz CT molecular complexity index is 992. The molecule has 1 aliphatic rings. The summed E-state index contributed by atoms with van der Waals surface area (Å²) in [4.78, 5) is 16.2. The van der Waals surface area contributed by atoms with Crippen molar-refractivity contribution in [1.29, 1.82) is 0 Å². The van der Waals surface area contributed by atoms with Crippen LogP contribution in [0.3, 0.4) is 0 Å². The van der Waals surface area contributed by atoms with Crippen LogP contribution in [0.4, 0.5) is 14.9 Å². The third-order valence-corrected chi connectivity index (χ3v) is 5.05. The van der Waals surface area contributed by atoms with E-state index in [1.54, 1.807) is 28.3 Å². The molecule has 2 heterocycles. The Hall–Kier alpha value is -3.39. The summed E-state index contributed by atoms with van der Waals surface area (Å²) in [6.07, 6.45) is 3.53. The van der Waals surface area contributed by atoms with E-state index in [-0.39, 0.29) is 25.2 Å². The highest BCUT2D eigenvalue weighted by Gasteiger charge is 2.37. The monoisotopic (exact) mass is 396 g/mol. The Labute approximate surface area is 167 Å². The van der Waals surface area contributed by atoms with Gasteiger partial charge in [0.2, 0.25) is 0 Å². The summed E-state index contributed by atoms with van der Waals surface area (Å²) in [5.41, 5.74) is 3.28. The lowest BCUT2D eigenvalue weighted by Gasteiger charge is -2.22. The molecule has 3 aromatic rings. The standard InChI is InChI=1S/C21H21FN4O3/c1-29-20-7-14(6-17(22)8-20)11-25-19(13-27)12-26(21(25)28)18-4-2-15(3-5-18)16-9-23-24-10-16/h2-10,19,27H,11-13H2,1H3,(H,23,24). The number of aliphatic hydroxyl groups is 1. The van der Waals surface area contributed by atoms with Crippen LogP contribution in [-0.4, -0.2) is 52.5 Å². The van der Waals surface area contributed by atoms with Crippen LogP contribution < -0.4 is 9.64 Å². The van der Waals surface area contributed by atoms with Gasteiger partial charge in [-0.25, -0.2) is 9.18 Å². The number of aromatic nitrogens is 2. The number of H-pyrrole nitrogens is 1. The molecule has 7 nitrogen and oxygen atoms in total. The van der Waals surface area contributed by atoms with Crippen molar-refractivity contribution >= 4 is 11.7 Å². The number of aliphatic hydroxyl groups excluding tert-OH is 1. The minimum Gasteiger partial charge on any atom is -0.497 e. The van der Waals surface area contributed by atoms with Crippen LogP contribution in [0.1, 0.15) is 5.56 Å². The average Bonchev–Trinajstić information content (AvgIpc) is 3.37. The molecule has 0 spiro atoms. The molecule has 29 heavy (non-hydrogen) atoms. The van der Waals surface area contributed by atoms with Crippen molar-refractivity contribution in [2.75, 3.05) is 25.2 Å². The molecule has 4 rings (SSSR count). The summed E-state index contributed by atoms with van der Waals surface area (Å²) in [5, 5.41) is 16.5. The second-order valence-electron chi connectivity index (χ2n) is 6.89. The number of ether oxygens (including phenoxy) is 1. The molecule has 150 valence electrons. The lowest BCUT2D eigenvalue weighted by atomic mass is 10.1. The molecule has 1 atom stereocenters. The van der Waals surface area contributed by atoms with Crippen LogP contribution >= 0.6 is 0 Å². The van der Waals surface area contributed by atoms with Gasteiger partial charge in [-0.1, -0.05) is 12.1 Å². The first-order chi connectivity index (χ1) is 14.1. The lowest BCUT2D eigenvalue weighted by molar-refractivity contribution is 0.161. The molecule has 0 saturated carbocycles. The first-order valence-electron chi connectivity index (χ1n) is 9.20. The van der Waals surface area contributed by atoms with Crippen molar-refractivity contribution in [3.63, 3.8) is 0 Å². The van der Waals surface area contributed by atoms with Crippen molar-refractivity contribution in [1.82, 2.24) is 15.1 Å². The number of amides is 2. The minimum absolute atomic E-state index is 0.179. The number of rotatable bonds is 6. The van der Waals surface area contributed by atoms with Gasteiger partial charge in [0.25, 0.3) is 0 Å². The third-order valence-electron chi connectivity index (χ3n) is 5.05. The van der Waals surface area contributed by atoms with Crippen LogP contribution in [0.25, 0.3) is 11.1 Å². The number of aromatic amines is 1. The highest BCUT2D eigenvalue weighted by molar-refractivity contribution is 5.95. The molecule has 8 heteroatoms. The fourth-order valence-corrected chi connectivity index (χ4v) is 3.54. The summed E-state index contributed by atoms with van der Waals surface area (Å²) < 4.78 is 18.9. The zero-order valence-corrected chi connectivity index (χ0v) is 15.9. The zero-order chi connectivity index (χ0) is 20.4. The number of halogens is 1. The Morgan fingerprint density at radius 1 is 1.24 bits per heavy atom. The predicted molar refractivity (Wildman–Crippen MR) is 106 cm³/mol. The Morgan fingerprint density at radius 3 is 2.69 bits per heavy atom. The van der Waals surface area contributed by atoms with Gasteiger partial charge in [0, 0.05) is 30.1 Å². The van der Waals surface area contributed by atoms with E-state index in [4.69, 9.17) is 4.74 Å². The first kappa shape index (κ1) is 18.9. The topological polar surface area (TPSA) is 81.7 Å². The maximum atomic E-state index is 13.8. The number of hydrogen-bond donors (Lipinski definition) is 2. The minimum atomic E-state index is -0.432. The maximum absolute atomic E-state index is 13.8. The highest BCUT2D eigenvalue weighted by atomic mass is 19.1.